The number of rotatable bonds is 3. The molecule has 0 radical (unpaired) electrons. The van der Waals surface area contributed by atoms with Crippen LogP contribution in [0.1, 0.15) is 12.5 Å². The van der Waals surface area contributed by atoms with Crippen LogP contribution in [0.3, 0.4) is 0 Å². The predicted molar refractivity (Wildman–Crippen MR) is 79.0 cm³/mol. The molecule has 0 atom stereocenters. The number of amides is 1. The lowest BCUT2D eigenvalue weighted by atomic mass is 10.2. The standard InChI is InChI=1S/C14H16Cl2N2O2/c1-10(19)14(20)18-7-5-17(6-8-18)9-11-12(15)3-2-4-13(11)16/h2-4H,5-9H2,1H3. The van der Waals surface area contributed by atoms with Gasteiger partial charge in [-0.1, -0.05) is 29.3 Å². The maximum atomic E-state index is 11.6. The van der Waals surface area contributed by atoms with Gasteiger partial charge in [0.2, 0.25) is 5.78 Å². The van der Waals surface area contributed by atoms with Crippen molar-refractivity contribution in [1.82, 2.24) is 9.80 Å². The number of hydrogen-bond donors (Lipinski definition) is 0. The van der Waals surface area contributed by atoms with Gasteiger partial charge in [-0.05, 0) is 12.1 Å². The Kier molecular flexibility index (Phi) is 5.02. The normalized spacial score (nSPS) is 16.2. The molecule has 0 bridgehead atoms. The van der Waals surface area contributed by atoms with E-state index in [0.29, 0.717) is 42.8 Å². The number of ketones is 1. The number of hydrogen-bond acceptors (Lipinski definition) is 3. The van der Waals surface area contributed by atoms with Crippen molar-refractivity contribution in [2.45, 2.75) is 13.5 Å². The average Bonchev–Trinajstić information content (AvgIpc) is 2.43. The summed E-state index contributed by atoms with van der Waals surface area (Å²) in [5.41, 5.74) is 0.905. The Balaban J connectivity index is 1.95. The fourth-order valence-electron chi connectivity index (χ4n) is 2.24. The van der Waals surface area contributed by atoms with E-state index < -0.39 is 11.7 Å². The minimum atomic E-state index is -0.410. The smallest absolute Gasteiger partial charge is 0.289 e. The van der Waals surface area contributed by atoms with Crippen LogP contribution in [0.4, 0.5) is 0 Å². The van der Waals surface area contributed by atoms with Gasteiger partial charge in [-0.15, -0.1) is 0 Å². The third-order valence-corrected chi connectivity index (χ3v) is 4.11. The van der Waals surface area contributed by atoms with E-state index in [2.05, 4.69) is 4.90 Å². The number of nitrogens with zero attached hydrogens (tertiary/aromatic N) is 2. The van der Waals surface area contributed by atoms with Crippen LogP contribution in [0.15, 0.2) is 18.2 Å². The van der Waals surface area contributed by atoms with E-state index in [1.807, 2.05) is 18.2 Å². The predicted octanol–water partition coefficient (Wildman–Crippen LogP) is 2.23. The molecule has 1 aliphatic rings. The minimum absolute atomic E-state index is 0.402. The molecular formula is C14H16Cl2N2O2. The molecule has 1 heterocycles. The van der Waals surface area contributed by atoms with E-state index >= 15 is 0 Å². The van der Waals surface area contributed by atoms with E-state index in [1.54, 1.807) is 4.90 Å². The van der Waals surface area contributed by atoms with Crippen molar-refractivity contribution in [3.05, 3.63) is 33.8 Å². The Hall–Kier alpha value is -1.10. The van der Waals surface area contributed by atoms with Crippen molar-refractivity contribution >= 4 is 34.9 Å². The van der Waals surface area contributed by atoms with E-state index in [4.69, 9.17) is 23.2 Å². The third-order valence-electron chi connectivity index (χ3n) is 3.40. The first-order valence-corrected chi connectivity index (χ1v) is 7.19. The largest absolute Gasteiger partial charge is 0.334 e. The van der Waals surface area contributed by atoms with Crippen molar-refractivity contribution in [3.8, 4) is 0 Å². The zero-order valence-corrected chi connectivity index (χ0v) is 12.7. The van der Waals surface area contributed by atoms with Crippen molar-refractivity contribution < 1.29 is 9.59 Å². The van der Waals surface area contributed by atoms with Gasteiger partial charge in [0.05, 0.1) is 0 Å². The summed E-state index contributed by atoms with van der Waals surface area (Å²) in [6.07, 6.45) is 0. The molecule has 6 heteroatoms. The lowest BCUT2D eigenvalue weighted by Crippen LogP contribution is -2.49. The first kappa shape index (κ1) is 15.3. The van der Waals surface area contributed by atoms with E-state index in [-0.39, 0.29) is 0 Å². The number of carbonyl (C=O) groups is 2. The van der Waals surface area contributed by atoms with Crippen LogP contribution >= 0.6 is 23.2 Å². The summed E-state index contributed by atoms with van der Waals surface area (Å²) in [4.78, 5) is 26.4. The summed E-state index contributed by atoms with van der Waals surface area (Å²) in [6.45, 7) is 4.49. The molecule has 108 valence electrons. The molecule has 4 nitrogen and oxygen atoms in total. The number of halogens is 2. The zero-order chi connectivity index (χ0) is 14.7. The molecule has 2 rings (SSSR count). The average molecular weight is 315 g/mol. The van der Waals surface area contributed by atoms with Crippen LogP contribution < -0.4 is 0 Å². The number of benzene rings is 1. The fourth-order valence-corrected chi connectivity index (χ4v) is 2.76. The summed E-state index contributed by atoms with van der Waals surface area (Å²) in [5, 5.41) is 1.31. The molecule has 0 spiro atoms. The Morgan fingerprint density at radius 2 is 1.65 bits per heavy atom. The van der Waals surface area contributed by atoms with Crippen molar-refractivity contribution in [3.63, 3.8) is 0 Å². The number of carbonyl (C=O) groups excluding carboxylic acids is 2. The van der Waals surface area contributed by atoms with Gasteiger partial charge in [0.15, 0.2) is 0 Å². The van der Waals surface area contributed by atoms with E-state index in [1.165, 1.54) is 6.92 Å². The molecule has 1 aliphatic heterocycles. The zero-order valence-electron chi connectivity index (χ0n) is 11.2. The molecule has 0 aliphatic carbocycles. The van der Waals surface area contributed by atoms with Gasteiger partial charge in [0.1, 0.15) is 0 Å². The van der Waals surface area contributed by atoms with Crippen LogP contribution in [0.2, 0.25) is 10.0 Å². The fraction of sp³-hybridized carbons (Fsp3) is 0.429. The Bertz CT molecular complexity index is 506. The van der Waals surface area contributed by atoms with Gasteiger partial charge in [0, 0.05) is 55.3 Å². The molecule has 0 unspecified atom stereocenters. The van der Waals surface area contributed by atoms with Gasteiger partial charge in [-0.2, -0.15) is 0 Å². The molecule has 1 aromatic carbocycles. The van der Waals surface area contributed by atoms with Crippen LogP contribution in [0, 0.1) is 0 Å². The maximum Gasteiger partial charge on any atom is 0.289 e. The van der Waals surface area contributed by atoms with Gasteiger partial charge < -0.3 is 4.90 Å². The molecule has 0 saturated carbocycles. The molecule has 1 saturated heterocycles. The molecule has 0 aromatic heterocycles. The molecular weight excluding hydrogens is 299 g/mol. The topological polar surface area (TPSA) is 40.6 Å². The highest BCUT2D eigenvalue weighted by molar-refractivity contribution is 6.36. The van der Waals surface area contributed by atoms with Crippen molar-refractivity contribution in [2.24, 2.45) is 0 Å². The first-order valence-electron chi connectivity index (χ1n) is 6.44. The maximum absolute atomic E-state index is 11.6. The van der Waals surface area contributed by atoms with Gasteiger partial charge in [-0.3, -0.25) is 14.5 Å². The second kappa shape index (κ2) is 6.57. The van der Waals surface area contributed by atoms with Crippen LogP contribution in [-0.4, -0.2) is 47.7 Å². The molecule has 1 fully saturated rings. The highest BCUT2D eigenvalue weighted by atomic mass is 35.5. The minimum Gasteiger partial charge on any atom is -0.334 e. The van der Waals surface area contributed by atoms with E-state index in [9.17, 15) is 9.59 Å². The quantitative estimate of drug-likeness (QED) is 0.803. The van der Waals surface area contributed by atoms with Crippen molar-refractivity contribution in [1.29, 1.82) is 0 Å². The third kappa shape index (κ3) is 3.51. The number of Topliss-reactive ketones (excluding diaryl/α,β-unsaturated/α-hetero) is 1. The van der Waals surface area contributed by atoms with Crippen molar-refractivity contribution in [2.75, 3.05) is 26.2 Å². The second-order valence-corrected chi connectivity index (χ2v) is 5.64. The molecule has 1 amide bonds. The highest BCUT2D eigenvalue weighted by Gasteiger charge is 2.24. The summed E-state index contributed by atoms with van der Waals surface area (Å²) in [6, 6.07) is 5.45. The highest BCUT2D eigenvalue weighted by Crippen LogP contribution is 2.26. The van der Waals surface area contributed by atoms with Crippen LogP contribution in [0.5, 0.6) is 0 Å². The first-order chi connectivity index (χ1) is 9.49. The molecule has 0 N–H and O–H groups in total. The second-order valence-electron chi connectivity index (χ2n) is 4.82. The Morgan fingerprint density at radius 1 is 1.10 bits per heavy atom. The lowest BCUT2D eigenvalue weighted by Gasteiger charge is -2.34. The molecule has 20 heavy (non-hydrogen) atoms. The van der Waals surface area contributed by atoms with E-state index in [0.717, 1.165) is 5.56 Å². The summed E-state index contributed by atoms with van der Waals surface area (Å²) in [5.74, 6) is -0.812. The Morgan fingerprint density at radius 3 is 2.15 bits per heavy atom. The summed E-state index contributed by atoms with van der Waals surface area (Å²) in [7, 11) is 0. The summed E-state index contributed by atoms with van der Waals surface area (Å²) >= 11 is 12.3. The van der Waals surface area contributed by atoms with Gasteiger partial charge in [-0.25, -0.2) is 0 Å². The molecule has 1 aromatic rings. The van der Waals surface area contributed by atoms with Gasteiger partial charge in [0.25, 0.3) is 5.91 Å². The Labute approximate surface area is 128 Å². The van der Waals surface area contributed by atoms with Crippen LogP contribution in [0.25, 0.3) is 0 Å². The lowest BCUT2D eigenvalue weighted by molar-refractivity contribution is -0.144. The number of piperazine rings is 1. The summed E-state index contributed by atoms with van der Waals surface area (Å²) < 4.78 is 0. The monoisotopic (exact) mass is 314 g/mol. The van der Waals surface area contributed by atoms with Crippen LogP contribution in [-0.2, 0) is 16.1 Å². The SMILES string of the molecule is CC(=O)C(=O)N1CCN(Cc2c(Cl)cccc2Cl)CC1. The van der Waals surface area contributed by atoms with Gasteiger partial charge >= 0.3 is 0 Å².